The molecule has 2 heteroatoms. The largest absolute Gasteiger partial charge is 0.381 e. The van der Waals surface area contributed by atoms with Crippen LogP contribution in [0.1, 0.15) is 74.6 Å². The number of allylic oxidation sites excluding steroid dienone is 4. The normalized spacial score (nSPS) is 34.5. The summed E-state index contributed by atoms with van der Waals surface area (Å²) in [5.74, 6) is 0.521. The van der Waals surface area contributed by atoms with Gasteiger partial charge in [0.1, 0.15) is 5.60 Å². The molecule has 2 saturated carbocycles. The third kappa shape index (κ3) is 3.33. The molecule has 0 amide bonds. The molecule has 3 atom stereocenters. The van der Waals surface area contributed by atoms with E-state index >= 15 is 0 Å². The molecule has 0 radical (unpaired) electrons. The highest BCUT2D eigenvalue weighted by atomic mass is 16.3. The van der Waals surface area contributed by atoms with Gasteiger partial charge >= 0.3 is 0 Å². The van der Waals surface area contributed by atoms with Crippen molar-refractivity contribution in [2.24, 2.45) is 17.3 Å². The number of Topliss-reactive ketones (excluding diaryl/α,β-unsaturated/α-hetero) is 1. The predicted octanol–water partition coefficient (Wildman–Crippen LogP) is 5.87. The van der Waals surface area contributed by atoms with Gasteiger partial charge in [-0.2, -0.15) is 0 Å². The Balaban J connectivity index is 1.74. The van der Waals surface area contributed by atoms with Crippen molar-refractivity contribution >= 4 is 5.78 Å². The number of benzene rings is 1. The van der Waals surface area contributed by atoms with Gasteiger partial charge in [0.05, 0.1) is 0 Å². The minimum Gasteiger partial charge on any atom is -0.381 e. The molecule has 27 heavy (non-hydrogen) atoms. The third-order valence-electron chi connectivity index (χ3n) is 7.45. The Morgan fingerprint density at radius 2 is 1.67 bits per heavy atom. The summed E-state index contributed by atoms with van der Waals surface area (Å²) in [5, 5.41) is 11.9. The van der Waals surface area contributed by atoms with Crippen LogP contribution in [0, 0.1) is 17.3 Å². The molecule has 3 unspecified atom stereocenters. The van der Waals surface area contributed by atoms with Crippen molar-refractivity contribution in [1.82, 2.24) is 0 Å². The molecule has 2 nitrogen and oxygen atoms in total. The number of ketones is 1. The number of carbonyl (C=O) groups is 1. The van der Waals surface area contributed by atoms with Crippen LogP contribution in [0.15, 0.2) is 54.6 Å². The maximum atomic E-state index is 13.5. The van der Waals surface area contributed by atoms with Crippen LogP contribution < -0.4 is 0 Å². The first kappa shape index (κ1) is 18.7. The Morgan fingerprint density at radius 3 is 2.37 bits per heavy atom. The zero-order valence-corrected chi connectivity index (χ0v) is 16.3. The molecule has 2 fully saturated rings. The predicted molar refractivity (Wildman–Crippen MR) is 110 cm³/mol. The van der Waals surface area contributed by atoms with Crippen molar-refractivity contribution in [3.8, 4) is 0 Å². The third-order valence-corrected chi connectivity index (χ3v) is 7.45. The molecule has 1 N–H and O–H groups in total. The van der Waals surface area contributed by atoms with Gasteiger partial charge in [-0.25, -0.2) is 0 Å². The van der Waals surface area contributed by atoms with Crippen LogP contribution in [0.4, 0.5) is 0 Å². The topological polar surface area (TPSA) is 37.3 Å². The summed E-state index contributed by atoms with van der Waals surface area (Å²) in [6, 6.07) is 9.44. The van der Waals surface area contributed by atoms with E-state index in [4.69, 9.17) is 0 Å². The number of hydrogen-bond donors (Lipinski definition) is 1. The molecule has 1 aromatic rings. The van der Waals surface area contributed by atoms with E-state index in [0.29, 0.717) is 17.9 Å². The molecule has 3 aliphatic rings. The summed E-state index contributed by atoms with van der Waals surface area (Å²) in [4.78, 5) is 13.5. The summed E-state index contributed by atoms with van der Waals surface area (Å²) >= 11 is 0. The average molecular weight is 365 g/mol. The molecule has 0 aromatic heterocycles. The maximum Gasteiger partial charge on any atom is 0.194 e. The summed E-state index contributed by atoms with van der Waals surface area (Å²) < 4.78 is 0. The van der Waals surface area contributed by atoms with Crippen molar-refractivity contribution in [1.29, 1.82) is 0 Å². The molecule has 0 aliphatic heterocycles. The summed E-state index contributed by atoms with van der Waals surface area (Å²) in [6.07, 6.45) is 19.8. The second-order valence-electron chi connectivity index (χ2n) is 8.86. The van der Waals surface area contributed by atoms with Crippen LogP contribution in [-0.4, -0.2) is 16.5 Å². The maximum absolute atomic E-state index is 13.5. The van der Waals surface area contributed by atoms with E-state index in [0.717, 1.165) is 25.7 Å². The number of hydrogen-bond acceptors (Lipinski definition) is 2. The molecule has 1 aromatic carbocycles. The van der Waals surface area contributed by atoms with Crippen LogP contribution in [-0.2, 0) is 0 Å². The molecule has 4 rings (SSSR count). The van der Waals surface area contributed by atoms with E-state index in [2.05, 4.69) is 24.3 Å². The zero-order valence-electron chi connectivity index (χ0n) is 16.3. The van der Waals surface area contributed by atoms with Gasteiger partial charge in [0.2, 0.25) is 0 Å². The zero-order chi connectivity index (χ0) is 18.7. The lowest BCUT2D eigenvalue weighted by molar-refractivity contribution is -0.0835. The van der Waals surface area contributed by atoms with Gasteiger partial charge in [-0.05, 0) is 38.0 Å². The second kappa shape index (κ2) is 7.75. The van der Waals surface area contributed by atoms with Gasteiger partial charge in [-0.3, -0.25) is 4.79 Å². The number of aliphatic hydroxyl groups is 1. The van der Waals surface area contributed by atoms with E-state index < -0.39 is 5.60 Å². The van der Waals surface area contributed by atoms with E-state index in [1.807, 2.05) is 30.3 Å². The fraction of sp³-hybridized carbons (Fsp3) is 0.560. The monoisotopic (exact) mass is 364 g/mol. The van der Waals surface area contributed by atoms with Crippen LogP contribution >= 0.6 is 0 Å². The second-order valence-corrected chi connectivity index (χ2v) is 8.86. The van der Waals surface area contributed by atoms with Crippen molar-refractivity contribution in [2.45, 2.75) is 69.8 Å². The van der Waals surface area contributed by atoms with Crippen molar-refractivity contribution in [3.63, 3.8) is 0 Å². The molecule has 0 saturated heterocycles. The van der Waals surface area contributed by atoms with E-state index in [9.17, 15) is 9.90 Å². The van der Waals surface area contributed by atoms with Crippen LogP contribution in [0.3, 0.4) is 0 Å². The quantitative estimate of drug-likeness (QED) is 0.678. The summed E-state index contributed by atoms with van der Waals surface area (Å²) in [5.41, 5.74) is -0.664. The molecule has 0 heterocycles. The fourth-order valence-electron chi connectivity index (χ4n) is 6.12. The minimum absolute atomic E-state index is 0.00996. The first-order valence-corrected chi connectivity index (χ1v) is 10.8. The molecule has 0 spiro atoms. The highest BCUT2D eigenvalue weighted by molar-refractivity contribution is 6.02. The lowest BCUT2D eigenvalue weighted by atomic mass is 9.51. The van der Waals surface area contributed by atoms with Gasteiger partial charge in [0, 0.05) is 16.9 Å². The Hall–Kier alpha value is -1.67. The average Bonchev–Trinajstić information content (AvgIpc) is 2.75. The molecule has 3 aliphatic carbocycles. The lowest BCUT2D eigenvalue weighted by Gasteiger charge is -2.53. The van der Waals surface area contributed by atoms with Gasteiger partial charge in [0.25, 0.3) is 0 Å². The van der Waals surface area contributed by atoms with Crippen molar-refractivity contribution in [3.05, 3.63) is 60.2 Å². The number of rotatable bonds is 4. The highest BCUT2D eigenvalue weighted by Gasteiger charge is 2.56. The minimum atomic E-state index is -1.24. The van der Waals surface area contributed by atoms with Crippen molar-refractivity contribution < 1.29 is 9.90 Å². The van der Waals surface area contributed by atoms with E-state index in [-0.39, 0.29) is 17.1 Å². The van der Waals surface area contributed by atoms with Gasteiger partial charge in [-0.15, -0.1) is 0 Å². The Labute approximate surface area is 163 Å². The number of carbonyl (C=O) groups excluding carboxylic acids is 1. The van der Waals surface area contributed by atoms with Crippen LogP contribution in [0.5, 0.6) is 0 Å². The first-order chi connectivity index (χ1) is 13.2. The van der Waals surface area contributed by atoms with E-state index in [1.54, 1.807) is 0 Å². The van der Waals surface area contributed by atoms with Crippen molar-refractivity contribution in [2.75, 3.05) is 0 Å². The van der Waals surface area contributed by atoms with Crippen LogP contribution in [0.25, 0.3) is 0 Å². The van der Waals surface area contributed by atoms with E-state index in [1.165, 1.54) is 32.1 Å². The fourth-order valence-corrected chi connectivity index (χ4v) is 6.12. The molecule has 144 valence electrons. The Morgan fingerprint density at radius 1 is 0.926 bits per heavy atom. The van der Waals surface area contributed by atoms with Gasteiger partial charge < -0.3 is 5.11 Å². The Kier molecular flexibility index (Phi) is 5.36. The van der Waals surface area contributed by atoms with Gasteiger partial charge in [-0.1, -0.05) is 86.7 Å². The van der Waals surface area contributed by atoms with Gasteiger partial charge in [0.15, 0.2) is 5.78 Å². The molecular weight excluding hydrogens is 332 g/mol. The smallest absolute Gasteiger partial charge is 0.194 e. The molecular formula is C25H32O2. The van der Waals surface area contributed by atoms with Crippen LogP contribution in [0.2, 0.25) is 0 Å². The standard InChI is InChI=1S/C25H32O2/c26-23(20-12-4-1-5-13-20)25(27)19-11-8-16-22(25)24(17-9-3-10-18-24)21-14-6-2-7-15-21/h1,3-5,9-10,12-13,17,21-22,27H,2,6-8,11,14-16,18-19H2. The SMILES string of the molecule is O=C(c1ccccc1)C1(O)CCCCC1C1(C2CCCCC2)C=CC=CC1. The Bertz CT molecular complexity index is 713. The molecule has 0 bridgehead atoms. The summed E-state index contributed by atoms with van der Waals surface area (Å²) in [6.45, 7) is 0. The highest BCUT2D eigenvalue weighted by Crippen LogP contribution is 2.56. The lowest BCUT2D eigenvalue weighted by Crippen LogP contribution is -2.56. The first-order valence-electron chi connectivity index (χ1n) is 10.8. The summed E-state index contributed by atoms with van der Waals surface area (Å²) in [7, 11) is 0.